The summed E-state index contributed by atoms with van der Waals surface area (Å²) in [6, 6.07) is 1.18. The molecule has 88 valence electrons. The highest BCUT2D eigenvalue weighted by Gasteiger charge is 2.47. The minimum atomic E-state index is 0.251. The minimum absolute atomic E-state index is 0.251. The van der Waals surface area contributed by atoms with Crippen LogP contribution in [-0.4, -0.2) is 60.3 Å². The van der Waals surface area contributed by atoms with Crippen molar-refractivity contribution in [3.05, 3.63) is 0 Å². The molecule has 0 N–H and O–H groups in total. The zero-order valence-corrected chi connectivity index (χ0v) is 10.7. The summed E-state index contributed by atoms with van der Waals surface area (Å²) < 4.78 is 5.88. The Morgan fingerprint density at radius 1 is 1.27 bits per heavy atom. The van der Waals surface area contributed by atoms with E-state index >= 15 is 0 Å². The second-order valence-electron chi connectivity index (χ2n) is 5.94. The van der Waals surface area contributed by atoms with E-state index in [0.29, 0.717) is 18.2 Å². The van der Waals surface area contributed by atoms with Gasteiger partial charge in [0.05, 0.1) is 18.8 Å². The first-order valence-corrected chi connectivity index (χ1v) is 6.00. The van der Waals surface area contributed by atoms with Gasteiger partial charge in [-0.3, -0.25) is 9.80 Å². The van der Waals surface area contributed by atoms with E-state index in [2.05, 4.69) is 44.5 Å². The molecule has 0 spiro atoms. The monoisotopic (exact) mass is 212 g/mol. The molecule has 2 rings (SSSR count). The quantitative estimate of drug-likeness (QED) is 0.600. The number of likely N-dealkylation sites (tertiary alicyclic amines) is 1. The predicted molar refractivity (Wildman–Crippen MR) is 62.1 cm³/mol. The lowest BCUT2D eigenvalue weighted by Gasteiger charge is -2.39. The lowest BCUT2D eigenvalue weighted by molar-refractivity contribution is -0.0422. The van der Waals surface area contributed by atoms with Crippen LogP contribution >= 0.6 is 0 Å². The van der Waals surface area contributed by atoms with Crippen LogP contribution in [0.1, 0.15) is 27.7 Å². The molecule has 3 heteroatoms. The van der Waals surface area contributed by atoms with Gasteiger partial charge in [0.15, 0.2) is 0 Å². The van der Waals surface area contributed by atoms with Gasteiger partial charge in [-0.2, -0.15) is 0 Å². The molecule has 3 nitrogen and oxygen atoms in total. The van der Waals surface area contributed by atoms with E-state index in [0.717, 1.165) is 19.7 Å². The van der Waals surface area contributed by atoms with Crippen LogP contribution in [0.3, 0.4) is 0 Å². The highest BCUT2D eigenvalue weighted by molar-refractivity contribution is 5.02. The van der Waals surface area contributed by atoms with Crippen molar-refractivity contribution in [1.82, 2.24) is 9.80 Å². The Labute approximate surface area is 93.4 Å². The average molecular weight is 212 g/mol. The van der Waals surface area contributed by atoms with Crippen molar-refractivity contribution in [1.29, 1.82) is 0 Å². The summed E-state index contributed by atoms with van der Waals surface area (Å²) in [7, 11) is 2.23. The highest BCUT2D eigenvalue weighted by atomic mass is 16.5. The molecule has 15 heavy (non-hydrogen) atoms. The van der Waals surface area contributed by atoms with Crippen LogP contribution in [0.25, 0.3) is 0 Å². The Bertz CT molecular complexity index is 234. The van der Waals surface area contributed by atoms with Crippen LogP contribution in [0.4, 0.5) is 0 Å². The third-order valence-electron chi connectivity index (χ3n) is 3.89. The van der Waals surface area contributed by atoms with Gasteiger partial charge in [-0.1, -0.05) is 0 Å². The summed E-state index contributed by atoms with van der Waals surface area (Å²) in [6.45, 7) is 12.3. The number of fused-ring (bicyclic) bond motifs is 1. The van der Waals surface area contributed by atoms with Gasteiger partial charge < -0.3 is 4.74 Å². The van der Waals surface area contributed by atoms with E-state index in [1.807, 2.05) is 0 Å². The van der Waals surface area contributed by atoms with Crippen LogP contribution in [-0.2, 0) is 4.74 Å². The summed E-state index contributed by atoms with van der Waals surface area (Å²) in [4.78, 5) is 5.04. The SMILES string of the molecule is C[C@@H]1C2C(CN1C(C)(C)C)OCCN2C. The smallest absolute Gasteiger partial charge is 0.0872 e. The summed E-state index contributed by atoms with van der Waals surface area (Å²) >= 11 is 0. The number of likely N-dealkylation sites (N-methyl/N-ethyl adjacent to an activating group) is 1. The molecule has 2 heterocycles. The molecule has 0 aromatic carbocycles. The Morgan fingerprint density at radius 2 is 1.93 bits per heavy atom. The molecule has 0 aromatic heterocycles. The van der Waals surface area contributed by atoms with E-state index in [4.69, 9.17) is 4.74 Å². The molecule has 2 fully saturated rings. The zero-order chi connectivity index (χ0) is 11.2. The number of morpholine rings is 1. The molecule has 0 aliphatic carbocycles. The second-order valence-corrected chi connectivity index (χ2v) is 5.94. The van der Waals surface area contributed by atoms with Gasteiger partial charge in [-0.15, -0.1) is 0 Å². The first kappa shape index (κ1) is 11.4. The van der Waals surface area contributed by atoms with Crippen molar-refractivity contribution < 1.29 is 4.74 Å². The van der Waals surface area contributed by atoms with Gasteiger partial charge in [-0.05, 0) is 34.7 Å². The Morgan fingerprint density at radius 3 is 2.47 bits per heavy atom. The molecule has 2 unspecified atom stereocenters. The predicted octanol–water partition coefficient (Wildman–Crippen LogP) is 1.19. The molecule has 3 atom stereocenters. The molecule has 0 radical (unpaired) electrons. The molecule has 2 aliphatic rings. The highest BCUT2D eigenvalue weighted by Crippen LogP contribution is 2.32. The second kappa shape index (κ2) is 3.72. The largest absolute Gasteiger partial charge is 0.374 e. The van der Waals surface area contributed by atoms with Crippen LogP contribution in [0, 0.1) is 0 Å². The molecular formula is C12H24N2O. The van der Waals surface area contributed by atoms with Gasteiger partial charge in [0.25, 0.3) is 0 Å². The molecule has 0 saturated carbocycles. The van der Waals surface area contributed by atoms with Crippen molar-refractivity contribution in [2.45, 2.75) is 51.4 Å². The number of rotatable bonds is 0. The molecular weight excluding hydrogens is 188 g/mol. The van der Waals surface area contributed by atoms with Gasteiger partial charge in [0, 0.05) is 24.7 Å². The van der Waals surface area contributed by atoms with Gasteiger partial charge in [-0.25, -0.2) is 0 Å². The van der Waals surface area contributed by atoms with Gasteiger partial charge in [0.1, 0.15) is 0 Å². The summed E-state index contributed by atoms with van der Waals surface area (Å²) in [5, 5.41) is 0. The van der Waals surface area contributed by atoms with Gasteiger partial charge >= 0.3 is 0 Å². The van der Waals surface area contributed by atoms with Crippen molar-refractivity contribution in [2.24, 2.45) is 0 Å². The standard InChI is InChI=1S/C12H24N2O/c1-9-11-10(15-7-6-13(11)5)8-14(9)12(2,3)4/h9-11H,6-8H2,1-5H3/t9-,10?,11?/m1/s1. The fourth-order valence-electron chi connectivity index (χ4n) is 3.15. The maximum atomic E-state index is 5.88. The summed E-state index contributed by atoms with van der Waals surface area (Å²) in [5.74, 6) is 0. The maximum absolute atomic E-state index is 5.88. The first-order valence-electron chi connectivity index (χ1n) is 6.00. The van der Waals surface area contributed by atoms with Crippen LogP contribution in [0.2, 0.25) is 0 Å². The first-order chi connectivity index (χ1) is 6.91. The van der Waals surface area contributed by atoms with Crippen molar-refractivity contribution >= 4 is 0 Å². The third-order valence-corrected chi connectivity index (χ3v) is 3.89. The number of hydrogen-bond donors (Lipinski definition) is 0. The number of hydrogen-bond acceptors (Lipinski definition) is 3. The summed E-state index contributed by atoms with van der Waals surface area (Å²) in [5.41, 5.74) is 0.251. The Kier molecular flexibility index (Phi) is 2.82. The molecule has 2 saturated heterocycles. The van der Waals surface area contributed by atoms with Crippen LogP contribution < -0.4 is 0 Å². The molecule has 0 bridgehead atoms. The van der Waals surface area contributed by atoms with E-state index in [1.54, 1.807) is 0 Å². The van der Waals surface area contributed by atoms with Gasteiger partial charge in [0.2, 0.25) is 0 Å². The third kappa shape index (κ3) is 1.93. The molecule has 0 aromatic rings. The zero-order valence-electron chi connectivity index (χ0n) is 10.7. The number of ether oxygens (including phenoxy) is 1. The van der Waals surface area contributed by atoms with E-state index in [1.165, 1.54) is 0 Å². The minimum Gasteiger partial charge on any atom is -0.374 e. The van der Waals surface area contributed by atoms with Crippen molar-refractivity contribution in [3.63, 3.8) is 0 Å². The maximum Gasteiger partial charge on any atom is 0.0872 e. The Balaban J connectivity index is 2.15. The lowest BCUT2D eigenvalue weighted by Crippen LogP contribution is -2.52. The Hall–Kier alpha value is -0.120. The number of nitrogens with zero attached hydrogens (tertiary/aromatic N) is 2. The fourth-order valence-corrected chi connectivity index (χ4v) is 3.15. The van der Waals surface area contributed by atoms with E-state index < -0.39 is 0 Å². The van der Waals surface area contributed by atoms with Crippen LogP contribution in [0.15, 0.2) is 0 Å². The topological polar surface area (TPSA) is 15.7 Å². The lowest BCUT2D eigenvalue weighted by atomic mass is 10.0. The molecule has 0 amide bonds. The summed E-state index contributed by atoms with van der Waals surface area (Å²) in [6.07, 6.45) is 0.415. The van der Waals surface area contributed by atoms with Crippen molar-refractivity contribution in [3.8, 4) is 0 Å². The van der Waals surface area contributed by atoms with E-state index in [-0.39, 0.29) is 5.54 Å². The fraction of sp³-hybridized carbons (Fsp3) is 1.00. The molecule has 2 aliphatic heterocycles. The van der Waals surface area contributed by atoms with E-state index in [9.17, 15) is 0 Å². The average Bonchev–Trinajstić information content (AvgIpc) is 2.44. The van der Waals surface area contributed by atoms with Crippen LogP contribution in [0.5, 0.6) is 0 Å². The normalized spacial score (nSPS) is 39.4. The van der Waals surface area contributed by atoms with Crippen molar-refractivity contribution in [2.75, 3.05) is 26.7 Å².